The molecule has 0 amide bonds. The van der Waals surface area contributed by atoms with Crippen molar-refractivity contribution >= 4 is 16.4 Å². The molecular formula is C3H8P2. The van der Waals surface area contributed by atoms with Crippen LogP contribution < -0.4 is 0 Å². The molecule has 0 fully saturated rings. The molecule has 0 heterocycles. The van der Waals surface area contributed by atoms with E-state index in [0.29, 0.717) is 0 Å². The molecule has 0 N–H and O–H groups in total. The van der Waals surface area contributed by atoms with Gasteiger partial charge in [0.1, 0.15) is 0 Å². The van der Waals surface area contributed by atoms with Gasteiger partial charge >= 0.3 is 0 Å². The second-order valence-corrected chi connectivity index (χ2v) is 2.59. The second-order valence-electron chi connectivity index (χ2n) is 0.882. The molecular weight excluding hydrogens is 98.0 g/mol. The van der Waals surface area contributed by atoms with Gasteiger partial charge < -0.3 is 0 Å². The Hall–Kier alpha value is 0.600. The van der Waals surface area contributed by atoms with Crippen molar-refractivity contribution in [2.75, 3.05) is 6.16 Å². The molecule has 0 aromatic rings. The van der Waals surface area contributed by atoms with Crippen molar-refractivity contribution in [1.29, 1.82) is 0 Å². The molecule has 0 nitrogen and oxygen atoms in total. The molecule has 0 saturated heterocycles. The Morgan fingerprint density at radius 3 is 2.40 bits per heavy atom. The molecule has 0 aliphatic rings. The van der Waals surface area contributed by atoms with E-state index in [-0.39, 0.29) is 0 Å². The van der Waals surface area contributed by atoms with Gasteiger partial charge in [-0.15, -0.1) is 0 Å². The highest BCUT2D eigenvalue weighted by molar-refractivity contribution is 7.74. The molecule has 2 heteroatoms. The summed E-state index contributed by atoms with van der Waals surface area (Å²) in [6.45, 7) is 2.17. The summed E-state index contributed by atoms with van der Waals surface area (Å²) >= 11 is 0. The van der Waals surface area contributed by atoms with Crippen LogP contribution >= 0.6 is 16.4 Å². The van der Waals surface area contributed by atoms with Crippen LogP contribution in [0.3, 0.4) is 0 Å². The first-order valence-electron chi connectivity index (χ1n) is 1.75. The summed E-state index contributed by atoms with van der Waals surface area (Å²) in [5.74, 6) is 0. The van der Waals surface area contributed by atoms with Crippen LogP contribution in [-0.4, -0.2) is 6.16 Å². The highest BCUT2D eigenvalue weighted by Crippen LogP contribution is 2.00. The zero-order valence-electron chi connectivity index (χ0n) is 3.36. The summed E-state index contributed by atoms with van der Waals surface area (Å²) in [4.78, 5) is 0. The van der Waals surface area contributed by atoms with E-state index in [1.54, 1.807) is 0 Å². The Morgan fingerprint density at radius 1 is 1.80 bits per heavy atom. The molecule has 0 spiro atoms. The predicted molar refractivity (Wildman–Crippen MR) is 30.4 cm³/mol. The maximum absolute atomic E-state index is 3.32. The monoisotopic (exact) mass is 106 g/mol. The minimum Gasteiger partial charge on any atom is -0.0937 e. The largest absolute Gasteiger partial charge is 0.0937 e. The zero-order chi connectivity index (χ0) is 4.12. The van der Waals surface area contributed by atoms with E-state index < -0.39 is 0 Å². The summed E-state index contributed by atoms with van der Waals surface area (Å²) in [6.07, 6.45) is 2.56. The van der Waals surface area contributed by atoms with Crippen LogP contribution in [0.15, 0.2) is 0 Å². The molecule has 0 rings (SSSR count). The van der Waals surface area contributed by atoms with E-state index in [0.717, 1.165) is 0 Å². The summed E-state index contributed by atoms with van der Waals surface area (Å²) in [6, 6.07) is 0. The average molecular weight is 106 g/mol. The first-order chi connectivity index (χ1) is 2.41. The summed E-state index contributed by atoms with van der Waals surface area (Å²) in [5.41, 5.74) is 0. The molecule has 5 heavy (non-hydrogen) atoms. The minimum atomic E-state index is 1.27. The number of hydrogen-bond acceptors (Lipinski definition) is 0. The Kier molecular flexibility index (Phi) is 5.15. The lowest BCUT2D eigenvalue weighted by Crippen LogP contribution is -1.56. The van der Waals surface area contributed by atoms with E-state index in [2.05, 4.69) is 15.5 Å². The van der Waals surface area contributed by atoms with Gasteiger partial charge in [-0.1, -0.05) is 23.3 Å². The summed E-state index contributed by atoms with van der Waals surface area (Å²) in [5, 5.41) is 0. The molecule has 0 aliphatic heterocycles. The second kappa shape index (κ2) is 4.60. The van der Waals surface area contributed by atoms with Crippen LogP contribution in [0.2, 0.25) is 0 Å². The van der Waals surface area contributed by atoms with Gasteiger partial charge in [-0.25, -0.2) is 0 Å². The van der Waals surface area contributed by atoms with Gasteiger partial charge in [0.05, 0.1) is 0 Å². The van der Waals surface area contributed by atoms with Crippen molar-refractivity contribution in [2.24, 2.45) is 0 Å². The van der Waals surface area contributed by atoms with Gasteiger partial charge in [0.25, 0.3) is 0 Å². The third-order valence-electron chi connectivity index (χ3n) is 0.335. The van der Waals surface area contributed by atoms with Crippen LogP contribution in [0.4, 0.5) is 0 Å². The molecule has 0 bridgehead atoms. The van der Waals surface area contributed by atoms with Crippen molar-refractivity contribution in [3.05, 3.63) is 0 Å². The first-order valence-corrected chi connectivity index (χ1v) is 4.17. The third kappa shape index (κ3) is 4.60. The van der Waals surface area contributed by atoms with Gasteiger partial charge in [0.15, 0.2) is 0 Å². The maximum Gasteiger partial charge on any atom is -0.00710 e. The van der Waals surface area contributed by atoms with Crippen molar-refractivity contribution in [1.82, 2.24) is 0 Å². The van der Waals surface area contributed by atoms with Crippen molar-refractivity contribution in [3.63, 3.8) is 0 Å². The molecule has 0 aromatic carbocycles. The molecule has 0 atom stereocenters. The van der Waals surface area contributed by atoms with Gasteiger partial charge in [-0.3, -0.25) is 0 Å². The van der Waals surface area contributed by atoms with Crippen LogP contribution in [0.25, 0.3) is 0 Å². The van der Waals surface area contributed by atoms with Crippen molar-refractivity contribution in [3.8, 4) is 0 Å². The topological polar surface area (TPSA) is 0 Å². The normalized spacial score (nSPS) is 9.00. The van der Waals surface area contributed by atoms with Gasteiger partial charge in [-0.2, -0.15) is 0 Å². The van der Waals surface area contributed by atoms with E-state index in [1.807, 2.05) is 0 Å². The molecule has 0 aromatic heterocycles. The number of rotatable bonds is 2. The first kappa shape index (κ1) is 5.60. The van der Waals surface area contributed by atoms with Crippen molar-refractivity contribution < 1.29 is 0 Å². The quantitative estimate of drug-likeness (QED) is 0.474. The lowest BCUT2D eigenvalue weighted by atomic mass is 10.6. The number of hydrogen-bond donors (Lipinski definition) is 0. The lowest BCUT2D eigenvalue weighted by molar-refractivity contribution is 1.11. The molecule has 30 valence electrons. The standard InChI is InChI=1S/C3H8P2/c1-2-3-5-4/h4H,2-3H2,1H3. The van der Waals surface area contributed by atoms with Crippen molar-refractivity contribution in [2.45, 2.75) is 13.3 Å². The van der Waals surface area contributed by atoms with Gasteiger partial charge in [0.2, 0.25) is 0 Å². The highest BCUT2D eigenvalue weighted by atomic mass is 31.7. The Bertz CT molecular complexity index is 26.1. The fourth-order valence-corrected chi connectivity index (χ4v) is 1.01. The van der Waals surface area contributed by atoms with E-state index in [9.17, 15) is 0 Å². The maximum atomic E-state index is 3.32. The highest BCUT2D eigenvalue weighted by Gasteiger charge is 1.63. The van der Waals surface area contributed by atoms with Gasteiger partial charge in [-0.05, 0) is 12.6 Å². The molecule has 0 radical (unpaired) electrons. The Labute approximate surface area is 36.8 Å². The molecule has 0 unspecified atom stereocenters. The fourth-order valence-electron chi connectivity index (χ4n) is 0.112. The molecule has 0 saturated carbocycles. The minimum absolute atomic E-state index is 1.27. The lowest BCUT2D eigenvalue weighted by Gasteiger charge is -1.71. The van der Waals surface area contributed by atoms with Crippen LogP contribution in [0, 0.1) is 0 Å². The summed E-state index contributed by atoms with van der Waals surface area (Å²) < 4.78 is 0. The smallest absolute Gasteiger partial charge is 0.00710 e. The van der Waals surface area contributed by atoms with Crippen LogP contribution in [0.5, 0.6) is 0 Å². The van der Waals surface area contributed by atoms with E-state index in [4.69, 9.17) is 0 Å². The summed E-state index contributed by atoms with van der Waals surface area (Å²) in [7, 11) is 4.66. The predicted octanol–water partition coefficient (Wildman–Crippen LogP) is 2.40. The zero-order valence-corrected chi connectivity index (χ0v) is 5.26. The Morgan fingerprint density at radius 2 is 2.40 bits per heavy atom. The Balaban J connectivity index is 2.40. The molecule has 0 aliphatic carbocycles. The van der Waals surface area contributed by atoms with Crippen LogP contribution in [0.1, 0.15) is 13.3 Å². The average Bonchev–Trinajstić information content (AvgIpc) is 1.41. The fraction of sp³-hybridized carbons (Fsp3) is 1.00. The SMILES string of the molecule is CCCP=P. The van der Waals surface area contributed by atoms with E-state index in [1.165, 1.54) is 20.5 Å². The van der Waals surface area contributed by atoms with E-state index >= 15 is 0 Å². The van der Waals surface area contributed by atoms with Gasteiger partial charge in [0, 0.05) is 0 Å². The van der Waals surface area contributed by atoms with Crippen LogP contribution in [-0.2, 0) is 0 Å². The third-order valence-corrected chi connectivity index (χ3v) is 1.68.